The Hall–Kier alpha value is -2.73. The summed E-state index contributed by atoms with van der Waals surface area (Å²) >= 11 is 3.41. The van der Waals surface area contributed by atoms with Crippen LogP contribution < -0.4 is 10.9 Å². The molecule has 132 valence electrons. The molecule has 0 unspecified atom stereocenters. The van der Waals surface area contributed by atoms with Crippen molar-refractivity contribution in [3.63, 3.8) is 0 Å². The second-order valence-corrected chi connectivity index (χ2v) is 6.75. The number of nitrogens with zero attached hydrogens (tertiary/aromatic N) is 1. The Labute approximate surface area is 158 Å². The van der Waals surface area contributed by atoms with Gasteiger partial charge >= 0.3 is 0 Å². The molecule has 1 amide bonds. The van der Waals surface area contributed by atoms with E-state index in [4.69, 9.17) is 0 Å². The molecular formula is C20H16BrFN2O2. The normalized spacial score (nSPS) is 10.6. The predicted molar refractivity (Wildman–Crippen MR) is 103 cm³/mol. The zero-order valence-corrected chi connectivity index (χ0v) is 15.6. The van der Waals surface area contributed by atoms with Crippen LogP contribution in [0.1, 0.15) is 21.5 Å². The van der Waals surface area contributed by atoms with Gasteiger partial charge in [0.05, 0.1) is 6.54 Å². The molecule has 3 aromatic rings. The van der Waals surface area contributed by atoms with E-state index in [1.54, 1.807) is 30.5 Å². The third kappa shape index (κ3) is 4.08. The summed E-state index contributed by atoms with van der Waals surface area (Å²) in [6, 6.07) is 14.5. The molecule has 0 aliphatic carbocycles. The Morgan fingerprint density at radius 3 is 2.58 bits per heavy atom. The van der Waals surface area contributed by atoms with Crippen molar-refractivity contribution in [2.75, 3.05) is 5.32 Å². The number of aromatic nitrogens is 1. The lowest BCUT2D eigenvalue weighted by Gasteiger charge is -2.10. The van der Waals surface area contributed by atoms with E-state index in [2.05, 4.69) is 21.2 Å². The molecule has 0 saturated carbocycles. The third-order valence-corrected chi connectivity index (χ3v) is 4.84. The highest BCUT2D eigenvalue weighted by Gasteiger charge is 2.13. The van der Waals surface area contributed by atoms with Gasteiger partial charge in [0.25, 0.3) is 11.5 Å². The number of carbonyl (C=O) groups is 1. The maximum Gasteiger partial charge on any atom is 0.263 e. The number of rotatable bonds is 4. The van der Waals surface area contributed by atoms with Crippen molar-refractivity contribution in [2.24, 2.45) is 0 Å². The van der Waals surface area contributed by atoms with E-state index in [0.717, 1.165) is 15.6 Å². The molecule has 0 spiro atoms. The summed E-state index contributed by atoms with van der Waals surface area (Å²) in [5.74, 6) is -0.802. The van der Waals surface area contributed by atoms with Gasteiger partial charge in [0, 0.05) is 16.4 Å². The second kappa shape index (κ2) is 7.66. The van der Waals surface area contributed by atoms with Crippen molar-refractivity contribution in [3.05, 3.63) is 98.1 Å². The van der Waals surface area contributed by atoms with E-state index in [0.29, 0.717) is 5.69 Å². The number of anilines is 1. The molecule has 0 saturated heterocycles. The number of pyridine rings is 1. The van der Waals surface area contributed by atoms with Gasteiger partial charge in [0.2, 0.25) is 0 Å². The highest BCUT2D eigenvalue weighted by molar-refractivity contribution is 9.10. The fraction of sp³-hybridized carbons (Fsp3) is 0.100. The summed E-state index contributed by atoms with van der Waals surface area (Å²) in [6.45, 7) is 2.18. The van der Waals surface area contributed by atoms with Crippen LogP contribution in [0.2, 0.25) is 0 Å². The molecule has 1 heterocycles. The molecule has 26 heavy (non-hydrogen) atoms. The van der Waals surface area contributed by atoms with E-state index < -0.39 is 11.5 Å². The Balaban J connectivity index is 1.83. The molecule has 4 nitrogen and oxygen atoms in total. The van der Waals surface area contributed by atoms with E-state index >= 15 is 0 Å². The predicted octanol–water partition coefficient (Wildman–Crippen LogP) is 4.36. The fourth-order valence-corrected chi connectivity index (χ4v) is 2.79. The molecule has 1 aromatic heterocycles. The molecule has 0 bridgehead atoms. The van der Waals surface area contributed by atoms with Crippen molar-refractivity contribution in [1.82, 2.24) is 4.57 Å². The molecule has 0 aliphatic heterocycles. The molecule has 0 radical (unpaired) electrons. The van der Waals surface area contributed by atoms with E-state index in [1.807, 2.05) is 19.1 Å². The van der Waals surface area contributed by atoms with Gasteiger partial charge in [0.1, 0.15) is 11.4 Å². The Morgan fingerprint density at radius 2 is 1.88 bits per heavy atom. The highest BCUT2D eigenvalue weighted by Crippen LogP contribution is 2.20. The average Bonchev–Trinajstić information content (AvgIpc) is 2.62. The number of halogens is 2. The van der Waals surface area contributed by atoms with Crippen LogP contribution in [-0.2, 0) is 6.54 Å². The van der Waals surface area contributed by atoms with Gasteiger partial charge in [0.15, 0.2) is 0 Å². The lowest BCUT2D eigenvalue weighted by Crippen LogP contribution is -2.29. The number of hydrogen-bond donors (Lipinski definition) is 1. The SMILES string of the molecule is Cc1cc(NC(=O)c2cccn(Cc3ccc(F)cc3)c2=O)ccc1Br. The highest BCUT2D eigenvalue weighted by atomic mass is 79.9. The van der Waals surface area contributed by atoms with Gasteiger partial charge < -0.3 is 9.88 Å². The van der Waals surface area contributed by atoms with Gasteiger partial charge in [-0.1, -0.05) is 28.1 Å². The van der Waals surface area contributed by atoms with Crippen molar-refractivity contribution in [1.29, 1.82) is 0 Å². The van der Waals surface area contributed by atoms with E-state index in [1.165, 1.54) is 22.8 Å². The van der Waals surface area contributed by atoms with Gasteiger partial charge in [-0.05, 0) is 60.5 Å². The standard InChI is InChI=1S/C20H16BrFN2O2/c1-13-11-16(8-9-18(13)21)23-19(25)17-3-2-10-24(20(17)26)12-14-4-6-15(22)7-5-14/h2-11H,12H2,1H3,(H,23,25). The minimum Gasteiger partial charge on any atom is -0.322 e. The zero-order chi connectivity index (χ0) is 18.7. The molecule has 2 aromatic carbocycles. The van der Waals surface area contributed by atoms with Crippen LogP contribution in [-0.4, -0.2) is 10.5 Å². The van der Waals surface area contributed by atoms with Gasteiger partial charge in [-0.2, -0.15) is 0 Å². The minimum absolute atomic E-state index is 0.0511. The van der Waals surface area contributed by atoms with Crippen LogP contribution >= 0.6 is 15.9 Å². The molecule has 0 fully saturated rings. The van der Waals surface area contributed by atoms with Crippen LogP contribution in [0, 0.1) is 12.7 Å². The van der Waals surface area contributed by atoms with Crippen LogP contribution in [0.25, 0.3) is 0 Å². The number of nitrogens with one attached hydrogen (secondary N) is 1. The van der Waals surface area contributed by atoms with Crippen LogP contribution in [0.15, 0.2) is 70.1 Å². The minimum atomic E-state index is -0.467. The summed E-state index contributed by atoms with van der Waals surface area (Å²) < 4.78 is 15.4. The first-order valence-corrected chi connectivity index (χ1v) is 8.75. The summed E-state index contributed by atoms with van der Waals surface area (Å²) in [7, 11) is 0. The number of hydrogen-bond acceptors (Lipinski definition) is 2. The lowest BCUT2D eigenvalue weighted by atomic mass is 10.2. The maximum atomic E-state index is 13.0. The molecule has 1 N–H and O–H groups in total. The van der Waals surface area contributed by atoms with Crippen molar-refractivity contribution < 1.29 is 9.18 Å². The molecular weight excluding hydrogens is 399 g/mol. The topological polar surface area (TPSA) is 51.1 Å². The smallest absolute Gasteiger partial charge is 0.263 e. The van der Waals surface area contributed by atoms with Crippen molar-refractivity contribution in [2.45, 2.75) is 13.5 Å². The van der Waals surface area contributed by atoms with Crippen molar-refractivity contribution >= 4 is 27.5 Å². The van der Waals surface area contributed by atoms with Gasteiger partial charge in [-0.25, -0.2) is 4.39 Å². The van der Waals surface area contributed by atoms with E-state index in [9.17, 15) is 14.0 Å². The lowest BCUT2D eigenvalue weighted by molar-refractivity contribution is 0.102. The van der Waals surface area contributed by atoms with Crippen molar-refractivity contribution in [3.8, 4) is 0 Å². The van der Waals surface area contributed by atoms with Gasteiger partial charge in [-0.15, -0.1) is 0 Å². The van der Waals surface area contributed by atoms with Crippen LogP contribution in [0.4, 0.5) is 10.1 Å². The second-order valence-electron chi connectivity index (χ2n) is 5.90. The Kier molecular flexibility index (Phi) is 5.32. The first kappa shape index (κ1) is 18.1. The molecule has 6 heteroatoms. The van der Waals surface area contributed by atoms with Gasteiger partial charge in [-0.3, -0.25) is 9.59 Å². The fourth-order valence-electron chi connectivity index (χ4n) is 2.54. The molecule has 3 rings (SSSR count). The number of benzene rings is 2. The maximum absolute atomic E-state index is 13.0. The quantitative estimate of drug-likeness (QED) is 0.689. The summed E-state index contributed by atoms with van der Waals surface area (Å²) in [5.41, 5.74) is 2.02. The number of carbonyl (C=O) groups excluding carboxylic acids is 1. The molecule has 0 atom stereocenters. The van der Waals surface area contributed by atoms with Crippen LogP contribution in [0.5, 0.6) is 0 Å². The largest absolute Gasteiger partial charge is 0.322 e. The average molecular weight is 415 g/mol. The number of aryl methyl sites for hydroxylation is 1. The Bertz CT molecular complexity index is 1010. The number of amides is 1. The summed E-state index contributed by atoms with van der Waals surface area (Å²) in [5, 5.41) is 2.74. The Morgan fingerprint density at radius 1 is 1.15 bits per heavy atom. The van der Waals surface area contributed by atoms with E-state index in [-0.39, 0.29) is 17.9 Å². The third-order valence-electron chi connectivity index (χ3n) is 3.95. The zero-order valence-electron chi connectivity index (χ0n) is 14.0. The molecule has 0 aliphatic rings. The monoisotopic (exact) mass is 414 g/mol. The first-order valence-electron chi connectivity index (χ1n) is 7.95. The van der Waals surface area contributed by atoms with Crippen LogP contribution in [0.3, 0.4) is 0 Å². The first-order chi connectivity index (χ1) is 12.4. The summed E-state index contributed by atoms with van der Waals surface area (Å²) in [4.78, 5) is 25.1. The summed E-state index contributed by atoms with van der Waals surface area (Å²) in [6.07, 6.45) is 1.60.